The molecule has 1 N–H and O–H groups in total. The molecule has 2 atom stereocenters. The highest BCUT2D eigenvalue weighted by atomic mass is 32.2. The maximum absolute atomic E-state index is 12.5. The Morgan fingerprint density at radius 1 is 1.04 bits per heavy atom. The molecule has 2 aliphatic rings. The Hall–Kier alpha value is -1.40. The van der Waals surface area contributed by atoms with Gasteiger partial charge in [-0.3, -0.25) is 4.79 Å². The van der Waals surface area contributed by atoms with Crippen LogP contribution in [0.25, 0.3) is 0 Å². The lowest BCUT2D eigenvalue weighted by Gasteiger charge is -2.29. The number of benzene rings is 1. The largest absolute Gasteiger partial charge is 0.349 e. The van der Waals surface area contributed by atoms with E-state index in [0.29, 0.717) is 24.6 Å². The molecule has 1 saturated heterocycles. The van der Waals surface area contributed by atoms with Crippen LogP contribution in [0, 0.1) is 5.92 Å². The molecule has 1 saturated carbocycles. The maximum Gasteiger partial charge on any atom is 0.251 e. The summed E-state index contributed by atoms with van der Waals surface area (Å²) in [5.74, 6) is 0.386. The number of nitrogens with one attached hydrogen (secondary N) is 1. The maximum atomic E-state index is 12.5. The van der Waals surface area contributed by atoms with Crippen LogP contribution < -0.4 is 5.32 Å². The lowest BCUT2D eigenvalue weighted by atomic mass is 9.86. The monoisotopic (exact) mass is 350 g/mol. The highest BCUT2D eigenvalue weighted by Gasteiger charge is 2.27. The second kappa shape index (κ2) is 7.23. The first-order chi connectivity index (χ1) is 11.5. The molecule has 1 amide bonds. The third-order valence-corrected chi connectivity index (χ3v) is 7.16. The molecule has 24 heavy (non-hydrogen) atoms. The molecule has 0 aromatic heterocycles. The molecule has 3 rings (SSSR count). The average molecular weight is 350 g/mol. The summed E-state index contributed by atoms with van der Waals surface area (Å²) in [6.45, 7) is 3.35. The van der Waals surface area contributed by atoms with Crippen LogP contribution in [0.4, 0.5) is 0 Å². The Morgan fingerprint density at radius 2 is 1.67 bits per heavy atom. The van der Waals surface area contributed by atoms with Gasteiger partial charge in [-0.1, -0.05) is 19.8 Å². The van der Waals surface area contributed by atoms with Crippen LogP contribution in [0.5, 0.6) is 0 Å². The zero-order valence-corrected chi connectivity index (χ0v) is 15.0. The van der Waals surface area contributed by atoms with E-state index in [-0.39, 0.29) is 16.8 Å². The first-order valence-electron chi connectivity index (χ1n) is 8.89. The third-order valence-electron chi connectivity index (χ3n) is 5.25. The van der Waals surface area contributed by atoms with Gasteiger partial charge in [-0.2, -0.15) is 4.31 Å². The summed E-state index contributed by atoms with van der Waals surface area (Å²) in [6.07, 6.45) is 6.39. The number of rotatable bonds is 4. The van der Waals surface area contributed by atoms with Crippen LogP contribution in [0.3, 0.4) is 0 Å². The topological polar surface area (TPSA) is 66.5 Å². The summed E-state index contributed by atoms with van der Waals surface area (Å²) in [5, 5.41) is 3.10. The Kier molecular flexibility index (Phi) is 5.25. The Balaban J connectivity index is 1.68. The number of carbonyl (C=O) groups excluding carboxylic acids is 1. The molecule has 0 radical (unpaired) electrons. The molecule has 1 aliphatic heterocycles. The van der Waals surface area contributed by atoms with Gasteiger partial charge in [0, 0.05) is 24.7 Å². The van der Waals surface area contributed by atoms with Crippen LogP contribution in [0.15, 0.2) is 29.2 Å². The highest BCUT2D eigenvalue weighted by molar-refractivity contribution is 7.89. The van der Waals surface area contributed by atoms with E-state index in [2.05, 4.69) is 12.2 Å². The summed E-state index contributed by atoms with van der Waals surface area (Å²) in [4.78, 5) is 12.7. The van der Waals surface area contributed by atoms with Gasteiger partial charge in [-0.05, 0) is 55.9 Å². The van der Waals surface area contributed by atoms with Gasteiger partial charge in [0.2, 0.25) is 10.0 Å². The van der Waals surface area contributed by atoms with Crippen LogP contribution >= 0.6 is 0 Å². The second-order valence-corrected chi connectivity index (χ2v) is 8.92. The fraction of sp³-hybridized carbons (Fsp3) is 0.611. The van der Waals surface area contributed by atoms with Crippen molar-refractivity contribution in [3.05, 3.63) is 29.8 Å². The number of hydrogen-bond donors (Lipinski definition) is 1. The fourth-order valence-corrected chi connectivity index (χ4v) is 5.16. The quantitative estimate of drug-likeness (QED) is 0.908. The zero-order chi connectivity index (χ0) is 17.2. The van der Waals surface area contributed by atoms with E-state index < -0.39 is 10.0 Å². The van der Waals surface area contributed by atoms with Crippen molar-refractivity contribution in [3.8, 4) is 0 Å². The van der Waals surface area contributed by atoms with Crippen molar-refractivity contribution in [2.24, 2.45) is 5.92 Å². The number of nitrogens with zero attached hydrogens (tertiary/aromatic N) is 1. The predicted octanol–water partition coefficient (Wildman–Crippen LogP) is 2.78. The standard InChI is InChI=1S/C18H26N2O3S/c1-14-6-2-3-7-17(14)19-18(21)15-8-10-16(11-9-15)24(22,23)20-12-4-5-13-20/h8-11,14,17H,2-7,12-13H2,1H3,(H,19,21)/t14-,17-/m0/s1. The van der Waals surface area contributed by atoms with Crippen molar-refractivity contribution in [1.29, 1.82) is 0 Å². The van der Waals surface area contributed by atoms with Crippen molar-refractivity contribution in [1.82, 2.24) is 9.62 Å². The van der Waals surface area contributed by atoms with Crippen molar-refractivity contribution in [2.75, 3.05) is 13.1 Å². The molecule has 1 aromatic rings. The Bertz CT molecular complexity index is 679. The molecule has 5 nitrogen and oxygen atoms in total. The van der Waals surface area contributed by atoms with Gasteiger partial charge in [-0.15, -0.1) is 0 Å². The molecule has 2 fully saturated rings. The molecular weight excluding hydrogens is 324 g/mol. The smallest absolute Gasteiger partial charge is 0.251 e. The Morgan fingerprint density at radius 3 is 2.29 bits per heavy atom. The van der Waals surface area contributed by atoms with E-state index in [1.165, 1.54) is 10.7 Å². The van der Waals surface area contributed by atoms with Gasteiger partial charge < -0.3 is 5.32 Å². The molecular formula is C18H26N2O3S. The molecule has 1 heterocycles. The molecule has 1 aromatic carbocycles. The van der Waals surface area contributed by atoms with Crippen molar-refractivity contribution >= 4 is 15.9 Å². The van der Waals surface area contributed by atoms with Gasteiger partial charge in [-0.25, -0.2) is 8.42 Å². The first kappa shape index (κ1) is 17.4. The van der Waals surface area contributed by atoms with Crippen LogP contribution in [0.2, 0.25) is 0 Å². The minimum Gasteiger partial charge on any atom is -0.349 e. The number of hydrogen-bond acceptors (Lipinski definition) is 3. The van der Waals surface area contributed by atoms with Gasteiger partial charge in [0.25, 0.3) is 5.91 Å². The summed E-state index contributed by atoms with van der Waals surface area (Å²) in [5.41, 5.74) is 0.521. The average Bonchev–Trinajstić information content (AvgIpc) is 3.12. The van der Waals surface area contributed by atoms with Gasteiger partial charge in [0.05, 0.1) is 4.90 Å². The highest BCUT2D eigenvalue weighted by Crippen LogP contribution is 2.24. The molecule has 132 valence electrons. The van der Waals surface area contributed by atoms with E-state index in [4.69, 9.17) is 0 Å². The van der Waals surface area contributed by atoms with E-state index in [1.54, 1.807) is 24.3 Å². The van der Waals surface area contributed by atoms with Crippen molar-refractivity contribution < 1.29 is 13.2 Å². The zero-order valence-electron chi connectivity index (χ0n) is 14.2. The second-order valence-electron chi connectivity index (χ2n) is 6.98. The molecule has 0 spiro atoms. The van der Waals surface area contributed by atoms with Crippen LogP contribution in [0.1, 0.15) is 55.8 Å². The normalized spacial score (nSPS) is 25.5. The van der Waals surface area contributed by atoms with E-state index in [0.717, 1.165) is 32.1 Å². The van der Waals surface area contributed by atoms with Crippen molar-refractivity contribution in [3.63, 3.8) is 0 Å². The molecule has 6 heteroatoms. The number of carbonyl (C=O) groups is 1. The Labute approximate surface area is 144 Å². The molecule has 1 aliphatic carbocycles. The van der Waals surface area contributed by atoms with E-state index >= 15 is 0 Å². The summed E-state index contributed by atoms with van der Waals surface area (Å²) >= 11 is 0. The summed E-state index contributed by atoms with van der Waals surface area (Å²) in [7, 11) is -3.42. The van der Waals surface area contributed by atoms with Crippen molar-refractivity contribution in [2.45, 2.75) is 56.4 Å². The molecule has 0 bridgehead atoms. The van der Waals surface area contributed by atoms with Crippen LogP contribution in [-0.4, -0.2) is 37.8 Å². The van der Waals surface area contributed by atoms with E-state index in [9.17, 15) is 13.2 Å². The van der Waals surface area contributed by atoms with Gasteiger partial charge in [0.15, 0.2) is 0 Å². The van der Waals surface area contributed by atoms with Gasteiger partial charge in [0.1, 0.15) is 0 Å². The minimum absolute atomic E-state index is 0.112. The number of amides is 1. The SMILES string of the molecule is C[C@H]1CCCC[C@@H]1NC(=O)c1ccc(S(=O)(=O)N2CCCC2)cc1. The van der Waals surface area contributed by atoms with Crippen LogP contribution in [-0.2, 0) is 10.0 Å². The fourth-order valence-electron chi connectivity index (χ4n) is 3.64. The minimum atomic E-state index is -3.42. The predicted molar refractivity (Wildman–Crippen MR) is 93.3 cm³/mol. The summed E-state index contributed by atoms with van der Waals surface area (Å²) in [6, 6.07) is 6.55. The van der Waals surface area contributed by atoms with E-state index in [1.807, 2.05) is 0 Å². The van der Waals surface area contributed by atoms with Gasteiger partial charge >= 0.3 is 0 Å². The molecule has 0 unspecified atom stereocenters. The lowest BCUT2D eigenvalue weighted by molar-refractivity contribution is 0.0910. The lowest BCUT2D eigenvalue weighted by Crippen LogP contribution is -2.41. The summed E-state index contributed by atoms with van der Waals surface area (Å²) < 4.78 is 26.5. The number of sulfonamides is 1. The third kappa shape index (κ3) is 3.64. The first-order valence-corrected chi connectivity index (χ1v) is 10.3.